The van der Waals surface area contributed by atoms with Gasteiger partial charge in [-0.15, -0.1) is 0 Å². The first-order valence-corrected chi connectivity index (χ1v) is 23.9. The minimum Gasteiger partial charge on any atom is -0.444 e. The van der Waals surface area contributed by atoms with Crippen molar-refractivity contribution in [2.45, 2.75) is 183 Å². The van der Waals surface area contributed by atoms with E-state index in [0.29, 0.717) is 32.1 Å². The van der Waals surface area contributed by atoms with Crippen LogP contribution >= 0.6 is 0 Å². The Kier molecular flexibility index (Phi) is 15.4. The topological polar surface area (TPSA) is 111 Å². The maximum atomic E-state index is 12.4. The average molecular weight is 901 g/mol. The van der Waals surface area contributed by atoms with E-state index in [1.54, 1.807) is 9.80 Å². The minimum atomic E-state index is -0.492. The van der Waals surface area contributed by atoms with E-state index < -0.39 is 11.2 Å². The van der Waals surface area contributed by atoms with Crippen LogP contribution in [0.2, 0.25) is 0 Å². The molecule has 10 nitrogen and oxygen atoms in total. The van der Waals surface area contributed by atoms with Crippen LogP contribution in [0.4, 0.5) is 9.59 Å². The summed E-state index contributed by atoms with van der Waals surface area (Å²) in [7, 11) is 0. The third kappa shape index (κ3) is 14.4. The standard InChI is InChI=1S/C28H41N3O2.C28H39N3O2/c2*1-26(2,3)21-14-20(15-22(16-21)27(4,5)6)24-18-29-17-23(30-24)19-10-12-31(13-11-19)25(32)33-28(7,8)9/h14-19H,10-13H2,1-9H3;10,14-18H,11-13H2,1-9H3. The Bertz CT molecular complexity index is 2300. The fourth-order valence-corrected chi connectivity index (χ4v) is 7.74. The molecule has 2 aromatic heterocycles. The molecule has 1 fully saturated rings. The van der Waals surface area contributed by atoms with E-state index in [1.807, 2.05) is 66.3 Å². The van der Waals surface area contributed by atoms with Crippen molar-refractivity contribution in [3.05, 3.63) is 101 Å². The number of carbonyl (C=O) groups excluding carboxylic acids is 2. The van der Waals surface area contributed by atoms with E-state index in [4.69, 9.17) is 19.4 Å². The maximum absolute atomic E-state index is 12.4. The van der Waals surface area contributed by atoms with Crippen LogP contribution in [-0.2, 0) is 31.1 Å². The number of amides is 2. The van der Waals surface area contributed by atoms with Gasteiger partial charge in [-0.2, -0.15) is 0 Å². The van der Waals surface area contributed by atoms with E-state index in [1.165, 1.54) is 22.3 Å². The van der Waals surface area contributed by atoms with E-state index >= 15 is 0 Å². The van der Waals surface area contributed by atoms with Gasteiger partial charge < -0.3 is 19.3 Å². The number of rotatable bonds is 4. The number of carbonyl (C=O) groups is 2. The number of piperidine rings is 1. The first-order chi connectivity index (χ1) is 30.3. The second-order valence-corrected chi connectivity index (χ2v) is 24.4. The van der Waals surface area contributed by atoms with Gasteiger partial charge in [0.05, 0.1) is 41.4 Å². The summed E-state index contributed by atoms with van der Waals surface area (Å²) >= 11 is 0. The van der Waals surface area contributed by atoms with Gasteiger partial charge in [-0.3, -0.25) is 9.97 Å². The van der Waals surface area contributed by atoms with Gasteiger partial charge in [0.2, 0.25) is 0 Å². The van der Waals surface area contributed by atoms with Crippen molar-refractivity contribution >= 4 is 17.8 Å². The van der Waals surface area contributed by atoms with Gasteiger partial charge in [-0.25, -0.2) is 19.6 Å². The molecular weight excluding hydrogens is 821 g/mol. The van der Waals surface area contributed by atoms with Crippen molar-refractivity contribution in [1.29, 1.82) is 0 Å². The zero-order chi connectivity index (χ0) is 49.2. The molecule has 66 heavy (non-hydrogen) atoms. The van der Waals surface area contributed by atoms with Crippen LogP contribution in [0.3, 0.4) is 0 Å². The number of hydrogen-bond donors (Lipinski definition) is 0. The molecule has 0 aliphatic carbocycles. The zero-order valence-corrected chi connectivity index (χ0v) is 43.7. The Hall–Kier alpha value is -5.12. The predicted octanol–water partition coefficient (Wildman–Crippen LogP) is 13.6. The van der Waals surface area contributed by atoms with Crippen LogP contribution in [-0.4, -0.2) is 79.3 Å². The van der Waals surface area contributed by atoms with Gasteiger partial charge in [-0.1, -0.05) is 101 Å². The summed E-state index contributed by atoms with van der Waals surface area (Å²) in [4.78, 5) is 47.4. The van der Waals surface area contributed by atoms with Crippen LogP contribution < -0.4 is 0 Å². The molecule has 0 unspecified atom stereocenters. The second-order valence-electron chi connectivity index (χ2n) is 24.4. The van der Waals surface area contributed by atoms with Crippen molar-refractivity contribution in [2.24, 2.45) is 0 Å². The molecule has 2 aliphatic rings. The van der Waals surface area contributed by atoms with Gasteiger partial charge >= 0.3 is 12.2 Å². The highest BCUT2D eigenvalue weighted by atomic mass is 16.6. The Morgan fingerprint density at radius 2 is 0.894 bits per heavy atom. The van der Waals surface area contributed by atoms with Gasteiger partial charge in [0.15, 0.2) is 0 Å². The van der Waals surface area contributed by atoms with E-state index in [-0.39, 0.29) is 33.8 Å². The quantitative estimate of drug-likeness (QED) is 0.199. The molecule has 1 saturated heterocycles. The zero-order valence-electron chi connectivity index (χ0n) is 43.7. The molecule has 0 spiro atoms. The largest absolute Gasteiger partial charge is 0.444 e. The van der Waals surface area contributed by atoms with E-state index in [9.17, 15) is 9.59 Å². The van der Waals surface area contributed by atoms with Crippen molar-refractivity contribution in [3.8, 4) is 22.5 Å². The molecule has 0 N–H and O–H groups in total. The molecule has 4 heterocycles. The average Bonchev–Trinajstić information content (AvgIpc) is 3.21. The Morgan fingerprint density at radius 1 is 0.500 bits per heavy atom. The highest BCUT2D eigenvalue weighted by Gasteiger charge is 2.30. The van der Waals surface area contributed by atoms with Crippen LogP contribution in [0.1, 0.15) is 183 Å². The predicted molar refractivity (Wildman–Crippen MR) is 270 cm³/mol. The summed E-state index contributed by atoms with van der Waals surface area (Å²) in [5, 5.41) is 0. The van der Waals surface area contributed by atoms with Crippen molar-refractivity contribution in [2.75, 3.05) is 26.2 Å². The highest BCUT2D eigenvalue weighted by molar-refractivity contribution is 5.73. The minimum absolute atomic E-state index is 0.0398. The summed E-state index contributed by atoms with van der Waals surface area (Å²) in [5.41, 5.74) is 11.4. The molecule has 0 radical (unpaired) electrons. The normalized spacial score (nSPS) is 15.7. The first-order valence-electron chi connectivity index (χ1n) is 23.9. The number of likely N-dealkylation sites (tertiary alicyclic amines) is 1. The molecule has 0 bridgehead atoms. The molecule has 0 atom stereocenters. The SMILES string of the molecule is CC(C)(C)OC(=O)N1CC=C(c2cncc(-c3cc(C(C)(C)C)cc(C(C)(C)C)c3)n2)CC1.CC(C)(C)OC(=O)N1CCC(c2cncc(-c3cc(C(C)(C)C)cc(C(C)(C)C)c3)n2)CC1. The molecule has 2 amide bonds. The van der Waals surface area contributed by atoms with Gasteiger partial charge in [-0.05, 0) is 135 Å². The second kappa shape index (κ2) is 19.6. The number of aromatic nitrogens is 4. The smallest absolute Gasteiger partial charge is 0.410 e. The van der Waals surface area contributed by atoms with E-state index in [2.05, 4.69) is 136 Å². The molecule has 358 valence electrons. The number of ether oxygens (including phenoxy) is 2. The fraction of sp³-hybridized carbons (Fsp3) is 0.571. The summed E-state index contributed by atoms with van der Waals surface area (Å²) in [6.07, 6.45) is 11.4. The summed E-state index contributed by atoms with van der Waals surface area (Å²) in [6.45, 7) is 40.8. The van der Waals surface area contributed by atoms with Gasteiger partial charge in [0.1, 0.15) is 11.2 Å². The third-order valence-corrected chi connectivity index (χ3v) is 12.0. The van der Waals surface area contributed by atoms with Crippen molar-refractivity contribution < 1.29 is 19.1 Å². The van der Waals surface area contributed by atoms with Crippen LogP contribution in [0.25, 0.3) is 28.1 Å². The molecule has 10 heteroatoms. The van der Waals surface area contributed by atoms with Crippen LogP contribution in [0.15, 0.2) is 67.3 Å². The number of nitrogens with zero attached hydrogens (tertiary/aromatic N) is 6. The number of hydrogen-bond acceptors (Lipinski definition) is 8. The van der Waals surface area contributed by atoms with Crippen LogP contribution in [0.5, 0.6) is 0 Å². The monoisotopic (exact) mass is 901 g/mol. The molecule has 2 aromatic carbocycles. The summed E-state index contributed by atoms with van der Waals surface area (Å²) in [6, 6.07) is 13.6. The van der Waals surface area contributed by atoms with Gasteiger partial charge in [0, 0.05) is 49.4 Å². The molecule has 2 aliphatic heterocycles. The van der Waals surface area contributed by atoms with Crippen molar-refractivity contribution in [3.63, 3.8) is 0 Å². The summed E-state index contributed by atoms with van der Waals surface area (Å²) < 4.78 is 11.0. The lowest BCUT2D eigenvalue weighted by Gasteiger charge is -2.33. The first kappa shape index (κ1) is 51.9. The van der Waals surface area contributed by atoms with Crippen LogP contribution in [0, 0.1) is 0 Å². The lowest BCUT2D eigenvalue weighted by Crippen LogP contribution is -2.41. The fourth-order valence-electron chi connectivity index (χ4n) is 7.74. The Balaban J connectivity index is 0.000000247. The Labute approximate surface area is 397 Å². The maximum Gasteiger partial charge on any atom is 0.410 e. The molecule has 0 saturated carbocycles. The molecule has 4 aromatic rings. The Morgan fingerprint density at radius 3 is 1.29 bits per heavy atom. The molecular formula is C56H80N6O4. The van der Waals surface area contributed by atoms with E-state index in [0.717, 1.165) is 58.7 Å². The number of benzene rings is 2. The highest BCUT2D eigenvalue weighted by Crippen LogP contribution is 2.36. The van der Waals surface area contributed by atoms with Crippen molar-refractivity contribution in [1.82, 2.24) is 29.7 Å². The summed E-state index contributed by atoms with van der Waals surface area (Å²) in [5.74, 6) is 0.295. The van der Waals surface area contributed by atoms with Gasteiger partial charge in [0.25, 0.3) is 0 Å². The lowest BCUT2D eigenvalue weighted by atomic mass is 9.79. The third-order valence-electron chi connectivity index (χ3n) is 12.0. The molecule has 6 rings (SSSR count). The lowest BCUT2D eigenvalue weighted by molar-refractivity contribution is 0.0202.